The highest BCUT2D eigenvalue weighted by molar-refractivity contribution is 5.96. The molecule has 0 saturated carbocycles. The third-order valence-electron chi connectivity index (χ3n) is 4.54. The first-order valence-corrected chi connectivity index (χ1v) is 9.23. The van der Waals surface area contributed by atoms with Crippen molar-refractivity contribution in [3.63, 3.8) is 0 Å². The number of carbonyl (C=O) groups is 1. The number of nitrogens with zero attached hydrogens (tertiary/aromatic N) is 2. The molecule has 0 saturated heterocycles. The summed E-state index contributed by atoms with van der Waals surface area (Å²) in [5.41, 5.74) is 2.06. The van der Waals surface area contributed by atoms with Crippen LogP contribution >= 0.6 is 0 Å². The summed E-state index contributed by atoms with van der Waals surface area (Å²) in [5.74, 6) is 0.681. The van der Waals surface area contributed by atoms with Gasteiger partial charge in [0, 0.05) is 7.05 Å². The fourth-order valence-corrected chi connectivity index (χ4v) is 2.79. The van der Waals surface area contributed by atoms with E-state index in [2.05, 4.69) is 5.16 Å². The second-order valence-electron chi connectivity index (χ2n) is 6.59. The Hall–Kier alpha value is -3.35. The zero-order valence-corrected chi connectivity index (χ0v) is 16.6. The van der Waals surface area contributed by atoms with Crippen molar-refractivity contribution in [2.75, 3.05) is 20.2 Å². The van der Waals surface area contributed by atoms with Crippen LogP contribution in [0.25, 0.3) is 0 Å². The summed E-state index contributed by atoms with van der Waals surface area (Å²) >= 11 is 0. The normalized spacial score (nSPS) is 10.6. The van der Waals surface area contributed by atoms with Gasteiger partial charge in [-0.1, -0.05) is 29.4 Å². The van der Waals surface area contributed by atoms with Crippen molar-refractivity contribution in [1.29, 1.82) is 0 Å². The Balaban J connectivity index is 1.62. The van der Waals surface area contributed by atoms with Gasteiger partial charge < -0.3 is 18.9 Å². The van der Waals surface area contributed by atoms with Gasteiger partial charge in [-0.15, -0.1) is 0 Å². The Morgan fingerprint density at radius 1 is 1.07 bits per heavy atom. The summed E-state index contributed by atoms with van der Waals surface area (Å²) in [4.78, 5) is 14.4. The summed E-state index contributed by atoms with van der Waals surface area (Å²) in [6.07, 6.45) is 0. The minimum Gasteiger partial charge on any atom is -0.489 e. The molecule has 0 N–H and O–H groups in total. The minimum atomic E-state index is -0.431. The van der Waals surface area contributed by atoms with Crippen LogP contribution in [0, 0.1) is 19.7 Å². The van der Waals surface area contributed by atoms with Crippen molar-refractivity contribution in [1.82, 2.24) is 10.1 Å². The number of hydrogen-bond donors (Lipinski definition) is 0. The summed E-state index contributed by atoms with van der Waals surface area (Å²) < 4.78 is 30.1. The molecule has 1 aromatic heterocycles. The van der Waals surface area contributed by atoms with Gasteiger partial charge >= 0.3 is 0 Å². The standard InChI is InChI=1S/C22H23FN2O4/c1-15-18(16(2)29-24-15)14-28-20-10-6-4-8-17(20)22(26)25(3)12-13-27-21-11-7-5-9-19(21)23/h4-11H,12-14H2,1-3H3. The highest BCUT2D eigenvalue weighted by Gasteiger charge is 2.18. The lowest BCUT2D eigenvalue weighted by molar-refractivity contribution is 0.0768. The fraction of sp³-hybridized carbons (Fsp3) is 0.273. The molecule has 0 bridgehead atoms. The number of likely N-dealkylation sites (N-methyl/N-ethyl adjacent to an activating group) is 1. The number of carbonyl (C=O) groups excluding carboxylic acids is 1. The number of amides is 1. The van der Waals surface area contributed by atoms with Crippen LogP contribution in [0.5, 0.6) is 11.5 Å². The van der Waals surface area contributed by atoms with Gasteiger partial charge in [-0.2, -0.15) is 0 Å². The number of halogens is 1. The first kappa shape index (κ1) is 20.4. The van der Waals surface area contributed by atoms with E-state index in [4.69, 9.17) is 14.0 Å². The second kappa shape index (κ2) is 9.23. The molecule has 0 spiro atoms. The Kier molecular flexibility index (Phi) is 6.49. The van der Waals surface area contributed by atoms with E-state index in [0.29, 0.717) is 23.6 Å². The van der Waals surface area contributed by atoms with Crippen molar-refractivity contribution in [3.8, 4) is 11.5 Å². The van der Waals surface area contributed by atoms with Gasteiger partial charge in [0.2, 0.25) is 0 Å². The number of ether oxygens (including phenoxy) is 2. The number of aryl methyl sites for hydroxylation is 2. The van der Waals surface area contributed by atoms with Crippen LogP contribution in [-0.2, 0) is 6.61 Å². The molecule has 0 atom stereocenters. The molecule has 0 radical (unpaired) electrons. The van der Waals surface area contributed by atoms with Crippen molar-refractivity contribution in [2.24, 2.45) is 0 Å². The molecule has 3 aromatic rings. The molecule has 152 valence electrons. The zero-order chi connectivity index (χ0) is 20.8. The summed E-state index contributed by atoms with van der Waals surface area (Å²) in [7, 11) is 1.66. The Morgan fingerprint density at radius 2 is 1.76 bits per heavy atom. The smallest absolute Gasteiger partial charge is 0.257 e. The molecule has 29 heavy (non-hydrogen) atoms. The van der Waals surface area contributed by atoms with Crippen LogP contribution < -0.4 is 9.47 Å². The maximum atomic E-state index is 13.6. The molecule has 6 nitrogen and oxygen atoms in total. The van der Waals surface area contributed by atoms with Crippen molar-refractivity contribution in [3.05, 3.63) is 76.9 Å². The fourth-order valence-electron chi connectivity index (χ4n) is 2.79. The maximum Gasteiger partial charge on any atom is 0.257 e. The number of benzene rings is 2. The predicted octanol–water partition coefficient (Wildman–Crippen LogP) is 4.16. The minimum absolute atomic E-state index is 0.163. The van der Waals surface area contributed by atoms with Gasteiger partial charge in [0.05, 0.1) is 23.4 Å². The topological polar surface area (TPSA) is 64.8 Å². The molecule has 0 aliphatic carbocycles. The van der Waals surface area contributed by atoms with Crippen LogP contribution in [0.15, 0.2) is 53.1 Å². The molecule has 0 aliphatic rings. The summed E-state index contributed by atoms with van der Waals surface area (Å²) in [6, 6.07) is 13.2. The van der Waals surface area contributed by atoms with E-state index in [0.717, 1.165) is 11.3 Å². The van der Waals surface area contributed by atoms with Gasteiger partial charge in [0.1, 0.15) is 24.7 Å². The molecule has 1 heterocycles. The molecule has 0 aliphatic heterocycles. The van der Waals surface area contributed by atoms with E-state index in [9.17, 15) is 9.18 Å². The van der Waals surface area contributed by atoms with Gasteiger partial charge in [-0.05, 0) is 38.1 Å². The predicted molar refractivity (Wildman–Crippen MR) is 106 cm³/mol. The van der Waals surface area contributed by atoms with E-state index in [-0.39, 0.29) is 24.9 Å². The molecule has 0 unspecified atom stereocenters. The monoisotopic (exact) mass is 398 g/mol. The Bertz CT molecular complexity index is 967. The van der Waals surface area contributed by atoms with E-state index in [1.54, 1.807) is 49.5 Å². The van der Waals surface area contributed by atoms with Crippen LogP contribution in [0.2, 0.25) is 0 Å². The largest absolute Gasteiger partial charge is 0.489 e. The van der Waals surface area contributed by atoms with Gasteiger partial charge in [0.25, 0.3) is 5.91 Å². The van der Waals surface area contributed by atoms with Crippen LogP contribution in [0.4, 0.5) is 4.39 Å². The molecule has 1 amide bonds. The van der Waals surface area contributed by atoms with E-state index in [1.165, 1.54) is 11.0 Å². The first-order chi connectivity index (χ1) is 14.0. The lowest BCUT2D eigenvalue weighted by Gasteiger charge is -2.19. The van der Waals surface area contributed by atoms with Gasteiger partial charge in [-0.25, -0.2) is 4.39 Å². The third kappa shape index (κ3) is 4.93. The van der Waals surface area contributed by atoms with Gasteiger partial charge in [-0.3, -0.25) is 4.79 Å². The average molecular weight is 398 g/mol. The molecule has 0 fully saturated rings. The summed E-state index contributed by atoms with van der Waals surface area (Å²) in [6.45, 7) is 4.39. The number of rotatable bonds is 8. The number of aromatic nitrogens is 1. The highest BCUT2D eigenvalue weighted by Crippen LogP contribution is 2.23. The van der Waals surface area contributed by atoms with E-state index < -0.39 is 5.82 Å². The molecule has 2 aromatic carbocycles. The number of hydrogen-bond acceptors (Lipinski definition) is 5. The SMILES string of the molecule is Cc1noc(C)c1COc1ccccc1C(=O)N(C)CCOc1ccccc1F. The second-order valence-corrected chi connectivity index (χ2v) is 6.59. The van der Waals surface area contributed by atoms with Crippen LogP contribution in [-0.4, -0.2) is 36.2 Å². The molecular formula is C22H23FN2O4. The molecular weight excluding hydrogens is 375 g/mol. The van der Waals surface area contributed by atoms with Gasteiger partial charge in [0.15, 0.2) is 11.6 Å². The number of para-hydroxylation sites is 2. The lowest BCUT2D eigenvalue weighted by atomic mass is 10.1. The van der Waals surface area contributed by atoms with E-state index in [1.807, 2.05) is 13.8 Å². The lowest BCUT2D eigenvalue weighted by Crippen LogP contribution is -2.31. The Labute approximate surface area is 168 Å². The molecule has 3 rings (SSSR count). The Morgan fingerprint density at radius 3 is 2.45 bits per heavy atom. The van der Waals surface area contributed by atoms with Crippen LogP contribution in [0.1, 0.15) is 27.4 Å². The average Bonchev–Trinajstić information content (AvgIpc) is 3.05. The van der Waals surface area contributed by atoms with Crippen molar-refractivity contribution in [2.45, 2.75) is 20.5 Å². The quantitative estimate of drug-likeness (QED) is 0.570. The highest BCUT2D eigenvalue weighted by atomic mass is 19.1. The van der Waals surface area contributed by atoms with Crippen LogP contribution in [0.3, 0.4) is 0 Å². The maximum absolute atomic E-state index is 13.6. The first-order valence-electron chi connectivity index (χ1n) is 9.23. The van der Waals surface area contributed by atoms with Crippen molar-refractivity contribution >= 4 is 5.91 Å². The van der Waals surface area contributed by atoms with E-state index >= 15 is 0 Å². The van der Waals surface area contributed by atoms with Crippen molar-refractivity contribution < 1.29 is 23.2 Å². The molecule has 7 heteroatoms. The third-order valence-corrected chi connectivity index (χ3v) is 4.54. The zero-order valence-electron chi connectivity index (χ0n) is 16.6. The summed E-state index contributed by atoms with van der Waals surface area (Å²) in [5, 5.41) is 3.91.